The van der Waals surface area contributed by atoms with Crippen molar-refractivity contribution in [2.45, 2.75) is 111 Å². The summed E-state index contributed by atoms with van der Waals surface area (Å²) in [5, 5.41) is 33.0. The fourth-order valence-corrected chi connectivity index (χ4v) is 7.80. The van der Waals surface area contributed by atoms with Gasteiger partial charge in [0.05, 0.1) is 5.60 Å². The van der Waals surface area contributed by atoms with E-state index in [9.17, 15) is 29.7 Å². The Kier molecular flexibility index (Phi) is 8.52. The summed E-state index contributed by atoms with van der Waals surface area (Å²) in [6.45, 7) is 15.2. The number of carboxylic acids is 1. The van der Waals surface area contributed by atoms with Crippen LogP contribution < -0.4 is 4.74 Å². The number of hydrogen-bond acceptors (Lipinski definition) is 7. The summed E-state index contributed by atoms with van der Waals surface area (Å²) in [5.41, 5.74) is 0.0623. The third-order valence-electron chi connectivity index (χ3n) is 10.2. The molecule has 0 unspecified atom stereocenters. The Balaban J connectivity index is 1.71. The van der Waals surface area contributed by atoms with Crippen molar-refractivity contribution < 1.29 is 39.2 Å². The van der Waals surface area contributed by atoms with Gasteiger partial charge in [0.2, 0.25) is 0 Å². The summed E-state index contributed by atoms with van der Waals surface area (Å²) < 4.78 is 13.6. The molecule has 6 rings (SSSR count). The molecule has 3 aliphatic carbocycles. The van der Waals surface area contributed by atoms with E-state index in [1.807, 2.05) is 46.8 Å². The molecule has 4 bridgehead atoms. The molecule has 246 valence electrons. The van der Waals surface area contributed by atoms with E-state index in [0.29, 0.717) is 12.0 Å². The van der Waals surface area contributed by atoms with Gasteiger partial charge >= 0.3 is 5.97 Å². The lowest BCUT2D eigenvalue weighted by Gasteiger charge is -2.56. The second kappa shape index (κ2) is 11.7. The van der Waals surface area contributed by atoms with Crippen LogP contribution >= 0.6 is 0 Å². The number of aromatic hydroxyl groups is 2. The van der Waals surface area contributed by atoms with Crippen LogP contribution in [0.3, 0.4) is 0 Å². The number of aliphatic carboxylic acids is 1. The van der Waals surface area contributed by atoms with Gasteiger partial charge in [-0.15, -0.1) is 0 Å². The van der Waals surface area contributed by atoms with E-state index in [4.69, 9.17) is 9.47 Å². The Morgan fingerprint density at radius 2 is 1.59 bits per heavy atom. The van der Waals surface area contributed by atoms with Crippen LogP contribution in [0.15, 0.2) is 58.2 Å². The molecule has 1 spiro atoms. The first-order valence-corrected chi connectivity index (χ1v) is 16.1. The molecule has 0 amide bonds. The number of rotatable bonds is 10. The maximum absolute atomic E-state index is 14.7. The summed E-state index contributed by atoms with van der Waals surface area (Å²) in [6.07, 6.45) is 11.6. The van der Waals surface area contributed by atoms with Crippen LogP contribution in [-0.4, -0.2) is 49.7 Å². The summed E-state index contributed by atoms with van der Waals surface area (Å²) in [7, 11) is 0. The maximum Gasteiger partial charge on any atom is 0.330 e. The van der Waals surface area contributed by atoms with Crippen molar-refractivity contribution in [3.63, 3.8) is 0 Å². The van der Waals surface area contributed by atoms with E-state index in [-0.39, 0.29) is 64.6 Å². The highest BCUT2D eigenvalue weighted by molar-refractivity contribution is 6.18. The lowest BCUT2D eigenvalue weighted by molar-refractivity contribution is -0.171. The summed E-state index contributed by atoms with van der Waals surface area (Å²) >= 11 is 0. The number of phenolic OH excluding ortho intramolecular Hbond substituents is 2. The first-order valence-electron chi connectivity index (χ1n) is 16.1. The van der Waals surface area contributed by atoms with E-state index in [1.54, 1.807) is 6.08 Å². The minimum absolute atomic E-state index is 0.0259. The molecule has 2 heterocycles. The Morgan fingerprint density at radius 1 is 0.935 bits per heavy atom. The SMILES string of the molecule is CC(C)=CCC/C(C)=C/Cc1c(O)c(CC=C(C)C)c2c(c1O)C(=O)C1=C[C@@H]3C[C@H]4C(C)(C)O[C@@](CC=C(C)C(=O)O)(C3=O)[C@@]14O2. The lowest BCUT2D eigenvalue weighted by atomic mass is 9.51. The van der Waals surface area contributed by atoms with Crippen molar-refractivity contribution in [3.05, 3.63) is 74.9 Å². The Hall–Kier alpha value is -3.91. The number of benzene rings is 1. The standard InChI is InChI=1S/C38H46O8/c1-20(2)10-9-11-22(5)13-15-25-30(39)26(14-12-21(3)4)33-29(31(25)40)32(41)27-18-24-19-28-36(7,8)46-37(34(24)42,38(27,28)45-33)17-16-23(6)35(43)44/h10,12-13,16,18,24,28,39-40H,9,11,14-15,17,19H2,1-8H3,(H,43,44)/b22-13+,23-16?/t24-,28+,37+,38-/m1/s1. The molecule has 1 aromatic carbocycles. The van der Waals surface area contributed by atoms with Gasteiger partial charge in [-0.25, -0.2) is 4.79 Å². The zero-order valence-electron chi connectivity index (χ0n) is 28.2. The molecule has 2 fully saturated rings. The van der Waals surface area contributed by atoms with Crippen molar-refractivity contribution in [2.75, 3.05) is 0 Å². The van der Waals surface area contributed by atoms with Crippen LogP contribution in [0.25, 0.3) is 0 Å². The van der Waals surface area contributed by atoms with Gasteiger partial charge in [0.25, 0.3) is 0 Å². The highest BCUT2D eigenvalue weighted by Crippen LogP contribution is 2.68. The Labute approximate surface area is 271 Å². The quantitative estimate of drug-likeness (QED) is 0.182. The van der Waals surface area contributed by atoms with Gasteiger partial charge in [0.15, 0.2) is 22.8 Å². The molecule has 0 aromatic heterocycles. The summed E-state index contributed by atoms with van der Waals surface area (Å²) in [6, 6.07) is 0. The molecule has 3 N–H and O–H groups in total. The first kappa shape index (κ1) is 33.5. The molecule has 5 aliphatic rings. The Bertz CT molecular complexity index is 1670. The van der Waals surface area contributed by atoms with Crippen molar-refractivity contribution in [2.24, 2.45) is 11.8 Å². The molecule has 8 nitrogen and oxygen atoms in total. The number of fused-ring (bicyclic) bond motifs is 1. The molecule has 46 heavy (non-hydrogen) atoms. The fraction of sp³-hybridized carbons (Fsp3) is 0.500. The number of hydrogen-bond donors (Lipinski definition) is 3. The third kappa shape index (κ3) is 5.05. The summed E-state index contributed by atoms with van der Waals surface area (Å²) in [4.78, 5) is 40.6. The average Bonchev–Trinajstić information content (AvgIpc) is 3.12. The van der Waals surface area contributed by atoms with Gasteiger partial charge in [-0.05, 0) is 87.5 Å². The van der Waals surface area contributed by atoms with Crippen molar-refractivity contribution in [3.8, 4) is 17.2 Å². The van der Waals surface area contributed by atoms with Gasteiger partial charge in [0, 0.05) is 40.5 Å². The van der Waals surface area contributed by atoms with E-state index in [0.717, 1.165) is 24.0 Å². The number of carbonyl (C=O) groups is 3. The molecule has 2 aliphatic heterocycles. The van der Waals surface area contributed by atoms with Gasteiger partial charge < -0.3 is 24.8 Å². The van der Waals surface area contributed by atoms with Crippen LogP contribution in [0.2, 0.25) is 0 Å². The normalized spacial score (nSPS) is 27.4. The number of ether oxygens (including phenoxy) is 2. The predicted molar refractivity (Wildman–Crippen MR) is 175 cm³/mol. The van der Waals surface area contributed by atoms with E-state index >= 15 is 0 Å². The van der Waals surface area contributed by atoms with Crippen molar-refractivity contribution in [1.82, 2.24) is 0 Å². The molecule has 4 atom stereocenters. The van der Waals surface area contributed by atoms with Gasteiger partial charge in [0.1, 0.15) is 22.8 Å². The molecule has 1 saturated carbocycles. The van der Waals surface area contributed by atoms with Crippen LogP contribution in [0, 0.1) is 11.8 Å². The molecular weight excluding hydrogens is 584 g/mol. The van der Waals surface area contributed by atoms with Crippen molar-refractivity contribution >= 4 is 17.5 Å². The third-order valence-corrected chi connectivity index (χ3v) is 10.2. The first-order chi connectivity index (χ1) is 21.5. The predicted octanol–water partition coefficient (Wildman–Crippen LogP) is 7.27. The number of carbonyl (C=O) groups excluding carboxylic acids is 2. The maximum atomic E-state index is 14.7. The monoisotopic (exact) mass is 630 g/mol. The Morgan fingerprint density at radius 3 is 2.22 bits per heavy atom. The number of carboxylic acid groups (broad SMARTS) is 1. The van der Waals surface area contributed by atoms with Crippen LogP contribution in [0.1, 0.15) is 103 Å². The van der Waals surface area contributed by atoms with E-state index in [1.165, 1.54) is 18.6 Å². The number of ketones is 2. The average molecular weight is 631 g/mol. The molecule has 0 radical (unpaired) electrons. The largest absolute Gasteiger partial charge is 0.507 e. The molecule has 8 heteroatoms. The van der Waals surface area contributed by atoms with Crippen LogP contribution in [-0.2, 0) is 27.2 Å². The van der Waals surface area contributed by atoms with E-state index in [2.05, 4.69) is 19.9 Å². The fourth-order valence-electron chi connectivity index (χ4n) is 7.80. The van der Waals surface area contributed by atoms with Gasteiger partial charge in [-0.1, -0.05) is 47.1 Å². The second-order valence-corrected chi connectivity index (χ2v) is 14.4. The van der Waals surface area contributed by atoms with Gasteiger partial charge in [-0.3, -0.25) is 9.59 Å². The zero-order chi connectivity index (χ0) is 33.9. The van der Waals surface area contributed by atoms with E-state index < -0.39 is 40.4 Å². The smallest absolute Gasteiger partial charge is 0.330 e. The highest BCUT2D eigenvalue weighted by atomic mass is 16.6. The number of allylic oxidation sites excluding steroid dienone is 7. The minimum Gasteiger partial charge on any atom is -0.507 e. The molecule has 1 aromatic rings. The van der Waals surface area contributed by atoms with Gasteiger partial charge in [-0.2, -0.15) is 0 Å². The number of Topliss-reactive ketones (excluding diaryl/α,β-unsaturated/α-hetero) is 2. The molecular formula is C38H46O8. The topological polar surface area (TPSA) is 130 Å². The highest BCUT2D eigenvalue weighted by Gasteiger charge is 2.81. The zero-order valence-corrected chi connectivity index (χ0v) is 28.2. The minimum atomic E-state index is -1.67. The van der Waals surface area contributed by atoms with Crippen molar-refractivity contribution in [1.29, 1.82) is 0 Å². The molecule has 1 saturated heterocycles. The number of phenols is 2. The van der Waals surface area contributed by atoms with Crippen LogP contribution in [0.5, 0.6) is 17.2 Å². The summed E-state index contributed by atoms with van der Waals surface area (Å²) in [5.74, 6) is -3.33. The lowest BCUT2D eigenvalue weighted by Crippen LogP contribution is -2.72. The second-order valence-electron chi connectivity index (χ2n) is 14.4. The van der Waals surface area contributed by atoms with Crippen LogP contribution in [0.4, 0.5) is 0 Å².